The number of aromatic nitrogens is 3. The van der Waals surface area contributed by atoms with E-state index >= 15 is 0 Å². The van der Waals surface area contributed by atoms with Gasteiger partial charge in [0.1, 0.15) is 5.65 Å². The summed E-state index contributed by atoms with van der Waals surface area (Å²) in [6.45, 7) is 6.64. The molecule has 180 valence electrons. The zero-order chi connectivity index (χ0) is 23.5. The second-order valence-electron chi connectivity index (χ2n) is 10.1. The van der Waals surface area contributed by atoms with E-state index in [4.69, 9.17) is 9.97 Å². The van der Waals surface area contributed by atoms with Crippen LogP contribution in [-0.2, 0) is 0 Å². The maximum atomic E-state index is 13.1. The van der Waals surface area contributed by atoms with Gasteiger partial charge in [0.05, 0.1) is 0 Å². The minimum atomic E-state index is 0.0530. The number of fused-ring (bicyclic) bond motifs is 1. The Morgan fingerprint density at radius 1 is 1.03 bits per heavy atom. The average molecular weight is 460 g/mol. The fraction of sp³-hybridized carbons (Fsp3) is 0.536. The fourth-order valence-electron chi connectivity index (χ4n) is 5.90. The van der Waals surface area contributed by atoms with Gasteiger partial charge in [-0.1, -0.05) is 38.5 Å². The van der Waals surface area contributed by atoms with E-state index < -0.39 is 0 Å². The highest BCUT2D eigenvalue weighted by molar-refractivity contribution is 5.76. The second-order valence-corrected chi connectivity index (χ2v) is 10.1. The minimum Gasteiger partial charge on any atom is -0.317 e. The maximum absolute atomic E-state index is 13.1. The highest BCUT2D eigenvalue weighted by atomic mass is 16.1. The number of benzene rings is 1. The van der Waals surface area contributed by atoms with Gasteiger partial charge in [-0.25, -0.2) is 4.98 Å². The van der Waals surface area contributed by atoms with Gasteiger partial charge in [0.15, 0.2) is 0 Å². The number of hydrogen-bond donors (Lipinski definition) is 1. The molecule has 1 N–H and O–H groups in total. The first kappa shape index (κ1) is 23.0. The summed E-state index contributed by atoms with van der Waals surface area (Å²) in [7, 11) is 0. The average Bonchev–Trinajstić information content (AvgIpc) is 2.90. The molecule has 2 fully saturated rings. The van der Waals surface area contributed by atoms with E-state index in [1.807, 2.05) is 22.9 Å². The van der Waals surface area contributed by atoms with Crippen LogP contribution < -0.4 is 15.8 Å². The molecule has 1 saturated carbocycles. The largest absolute Gasteiger partial charge is 0.317 e. The summed E-state index contributed by atoms with van der Waals surface area (Å²) in [6, 6.07) is 14.5. The van der Waals surface area contributed by atoms with Crippen LogP contribution in [0.2, 0.25) is 0 Å². The molecule has 0 bridgehead atoms. The van der Waals surface area contributed by atoms with E-state index in [-0.39, 0.29) is 11.6 Å². The van der Waals surface area contributed by atoms with E-state index in [0.717, 1.165) is 67.3 Å². The van der Waals surface area contributed by atoms with Crippen molar-refractivity contribution in [2.24, 2.45) is 11.8 Å². The Balaban J connectivity index is 1.54. The molecular weight excluding hydrogens is 422 g/mol. The number of hydrogen-bond acceptors (Lipinski definition) is 5. The van der Waals surface area contributed by atoms with E-state index in [9.17, 15) is 4.79 Å². The Morgan fingerprint density at radius 2 is 1.76 bits per heavy atom. The third kappa shape index (κ3) is 4.61. The monoisotopic (exact) mass is 459 g/mol. The standard InChI is InChI=1S/C28H37N5O/c1-3-20(2)21-9-12-24(13-10-21)33-26(34)14-11-22-19-30-28(31-27(22)33)32(23-7-5-4-6-8-23)25-15-17-29-18-16-25/h4-8,11,14,19-21,24-25,29H,3,9-10,12-13,15-18H2,1-2H3. The molecule has 1 aromatic carbocycles. The number of nitrogens with one attached hydrogen (secondary N) is 1. The maximum Gasteiger partial charge on any atom is 0.252 e. The SMILES string of the molecule is CCC(C)C1CCC(n2c(=O)ccc3cnc(N(c4ccccc4)C4CCNCC4)nc32)CC1. The van der Waals surface area contributed by atoms with Gasteiger partial charge in [-0.3, -0.25) is 9.36 Å². The third-order valence-electron chi connectivity index (χ3n) is 8.13. The predicted octanol–water partition coefficient (Wildman–Crippen LogP) is 5.46. The van der Waals surface area contributed by atoms with E-state index in [2.05, 4.69) is 48.3 Å². The van der Waals surface area contributed by atoms with Crippen molar-refractivity contribution in [3.8, 4) is 0 Å². The molecule has 0 radical (unpaired) electrons. The van der Waals surface area contributed by atoms with Crippen molar-refractivity contribution in [3.05, 3.63) is 59.0 Å². The Kier molecular flexibility index (Phi) is 6.95. The number of anilines is 2. The Morgan fingerprint density at radius 3 is 2.47 bits per heavy atom. The van der Waals surface area contributed by atoms with Crippen molar-refractivity contribution < 1.29 is 0 Å². The highest BCUT2D eigenvalue weighted by Gasteiger charge is 2.28. The molecule has 1 unspecified atom stereocenters. The molecule has 1 aliphatic heterocycles. The molecule has 1 aliphatic carbocycles. The van der Waals surface area contributed by atoms with Crippen LogP contribution >= 0.6 is 0 Å². The summed E-state index contributed by atoms with van der Waals surface area (Å²) in [6.07, 6.45) is 9.67. The van der Waals surface area contributed by atoms with Crippen molar-refractivity contribution >= 4 is 22.7 Å². The zero-order valence-electron chi connectivity index (χ0n) is 20.5. The van der Waals surface area contributed by atoms with Crippen molar-refractivity contribution in [1.82, 2.24) is 19.9 Å². The predicted molar refractivity (Wildman–Crippen MR) is 139 cm³/mol. The Bertz CT molecular complexity index is 1150. The summed E-state index contributed by atoms with van der Waals surface area (Å²) in [4.78, 5) is 25.3. The van der Waals surface area contributed by atoms with Crippen LogP contribution in [0.1, 0.15) is 64.8 Å². The lowest BCUT2D eigenvalue weighted by Gasteiger charge is -2.35. The van der Waals surface area contributed by atoms with Crippen molar-refractivity contribution in [3.63, 3.8) is 0 Å². The summed E-state index contributed by atoms with van der Waals surface area (Å²) >= 11 is 0. The molecule has 1 saturated heterocycles. The number of nitrogens with zero attached hydrogens (tertiary/aromatic N) is 4. The van der Waals surface area contributed by atoms with Gasteiger partial charge in [-0.2, -0.15) is 4.98 Å². The molecule has 6 nitrogen and oxygen atoms in total. The summed E-state index contributed by atoms with van der Waals surface area (Å²) in [5.41, 5.74) is 1.93. The molecular formula is C28H37N5O. The van der Waals surface area contributed by atoms with Crippen LogP contribution in [0.4, 0.5) is 11.6 Å². The minimum absolute atomic E-state index is 0.0530. The van der Waals surface area contributed by atoms with E-state index in [1.54, 1.807) is 6.07 Å². The van der Waals surface area contributed by atoms with Crippen LogP contribution in [0.15, 0.2) is 53.5 Å². The van der Waals surface area contributed by atoms with Crippen molar-refractivity contribution in [2.75, 3.05) is 18.0 Å². The van der Waals surface area contributed by atoms with E-state index in [1.165, 1.54) is 19.3 Å². The zero-order valence-corrected chi connectivity index (χ0v) is 20.5. The van der Waals surface area contributed by atoms with Gasteiger partial charge in [0, 0.05) is 35.4 Å². The number of para-hydroxylation sites is 1. The van der Waals surface area contributed by atoms with Crippen LogP contribution in [0.3, 0.4) is 0 Å². The quantitative estimate of drug-likeness (QED) is 0.530. The summed E-state index contributed by atoms with van der Waals surface area (Å²) in [5, 5.41) is 4.40. The molecule has 2 aromatic heterocycles. The van der Waals surface area contributed by atoms with E-state index in [0.29, 0.717) is 12.0 Å². The first-order valence-electron chi connectivity index (χ1n) is 13.1. The van der Waals surface area contributed by atoms with Gasteiger partial charge < -0.3 is 10.2 Å². The Hall–Kier alpha value is -2.73. The first-order chi connectivity index (χ1) is 16.7. The molecule has 2 aliphatic rings. The summed E-state index contributed by atoms with van der Waals surface area (Å²) < 4.78 is 1.97. The molecule has 6 heteroatoms. The molecule has 5 rings (SSSR count). The fourth-order valence-corrected chi connectivity index (χ4v) is 5.90. The normalized spacial score (nSPS) is 22.5. The number of pyridine rings is 1. The highest BCUT2D eigenvalue weighted by Crippen LogP contribution is 2.37. The summed E-state index contributed by atoms with van der Waals surface area (Å²) in [5.74, 6) is 2.22. The van der Waals surface area contributed by atoms with Crippen LogP contribution in [0.25, 0.3) is 11.0 Å². The van der Waals surface area contributed by atoms with Gasteiger partial charge in [-0.05, 0) is 81.6 Å². The number of rotatable bonds is 6. The Labute approximate surface area is 202 Å². The van der Waals surface area contributed by atoms with Crippen LogP contribution in [0, 0.1) is 11.8 Å². The van der Waals surface area contributed by atoms with Gasteiger partial charge in [0.2, 0.25) is 5.95 Å². The van der Waals surface area contributed by atoms with Gasteiger partial charge in [-0.15, -0.1) is 0 Å². The molecule has 0 spiro atoms. The first-order valence-corrected chi connectivity index (χ1v) is 13.1. The molecule has 34 heavy (non-hydrogen) atoms. The van der Waals surface area contributed by atoms with Crippen molar-refractivity contribution in [1.29, 1.82) is 0 Å². The molecule has 3 heterocycles. The second kappa shape index (κ2) is 10.3. The lowest BCUT2D eigenvalue weighted by molar-refractivity contribution is 0.212. The molecule has 3 aromatic rings. The smallest absolute Gasteiger partial charge is 0.252 e. The van der Waals surface area contributed by atoms with Crippen LogP contribution in [0.5, 0.6) is 0 Å². The van der Waals surface area contributed by atoms with Crippen molar-refractivity contribution in [2.45, 2.75) is 70.9 Å². The lowest BCUT2D eigenvalue weighted by atomic mass is 9.78. The topological polar surface area (TPSA) is 63.1 Å². The lowest BCUT2D eigenvalue weighted by Crippen LogP contribution is -2.41. The third-order valence-corrected chi connectivity index (χ3v) is 8.13. The van der Waals surface area contributed by atoms with Gasteiger partial charge in [0.25, 0.3) is 5.56 Å². The van der Waals surface area contributed by atoms with Gasteiger partial charge >= 0.3 is 0 Å². The molecule has 0 amide bonds. The molecule has 1 atom stereocenters. The van der Waals surface area contributed by atoms with Crippen LogP contribution in [-0.4, -0.2) is 33.7 Å². The number of piperidine rings is 1.